The molecule has 3 heterocycles. The van der Waals surface area contributed by atoms with E-state index in [4.69, 9.17) is 0 Å². The van der Waals surface area contributed by atoms with Crippen LogP contribution in [0.5, 0.6) is 0 Å². The summed E-state index contributed by atoms with van der Waals surface area (Å²) in [5.41, 5.74) is 1.88. The minimum absolute atomic E-state index is 0.0874. The van der Waals surface area contributed by atoms with Gasteiger partial charge in [0.15, 0.2) is 0 Å². The van der Waals surface area contributed by atoms with Gasteiger partial charge in [-0.3, -0.25) is 4.79 Å². The van der Waals surface area contributed by atoms with E-state index in [0.717, 1.165) is 11.3 Å². The first-order chi connectivity index (χ1) is 8.66. The Labute approximate surface area is 112 Å². The highest BCUT2D eigenvalue weighted by molar-refractivity contribution is 8.13. The van der Waals surface area contributed by atoms with Crippen molar-refractivity contribution in [3.05, 3.63) is 10.6 Å². The number of amides is 1. The van der Waals surface area contributed by atoms with Gasteiger partial charge in [0.1, 0.15) is 5.70 Å². The van der Waals surface area contributed by atoms with Crippen LogP contribution in [-0.4, -0.2) is 43.8 Å². The number of nitrogens with zero attached hydrogens (tertiary/aromatic N) is 3. The van der Waals surface area contributed by atoms with Gasteiger partial charge in [-0.05, 0) is 12.8 Å². The van der Waals surface area contributed by atoms with Gasteiger partial charge in [0.25, 0.3) is 0 Å². The third-order valence-corrected chi connectivity index (χ3v) is 4.96. The first-order valence-corrected chi connectivity index (χ1v) is 7.37. The molecule has 0 radical (unpaired) electrons. The van der Waals surface area contributed by atoms with Crippen molar-refractivity contribution in [2.75, 3.05) is 5.88 Å². The maximum absolute atomic E-state index is 11.5. The first kappa shape index (κ1) is 11.9. The summed E-state index contributed by atoms with van der Waals surface area (Å²) in [6, 6.07) is 0.0874. The molecule has 3 aliphatic heterocycles. The molecule has 1 unspecified atom stereocenters. The molecule has 1 atom stereocenters. The lowest BCUT2D eigenvalue weighted by molar-refractivity contribution is -0.150. The number of fused-ring (bicyclic) bond motifs is 1. The van der Waals surface area contributed by atoms with Crippen LogP contribution in [0.3, 0.4) is 0 Å². The Morgan fingerprint density at radius 3 is 3.06 bits per heavy atom. The maximum atomic E-state index is 11.5. The van der Waals surface area contributed by atoms with E-state index in [9.17, 15) is 14.7 Å². The van der Waals surface area contributed by atoms with E-state index in [1.165, 1.54) is 16.8 Å². The van der Waals surface area contributed by atoms with Gasteiger partial charge in [-0.15, -0.1) is 0 Å². The van der Waals surface area contributed by atoms with Gasteiger partial charge in [-0.25, -0.2) is 9.21 Å². The topological polar surface area (TPSA) is 73.2 Å². The maximum Gasteiger partial charge on any atom is 0.353 e. The second kappa shape index (κ2) is 4.51. The minimum atomic E-state index is -1.02. The van der Waals surface area contributed by atoms with Crippen molar-refractivity contribution >= 4 is 41.1 Å². The highest BCUT2D eigenvalue weighted by Crippen LogP contribution is 2.42. The quantitative estimate of drug-likeness (QED) is 0.622. The van der Waals surface area contributed by atoms with E-state index in [2.05, 4.69) is 5.10 Å². The molecule has 8 heteroatoms. The molecule has 1 fully saturated rings. The molecule has 3 aliphatic rings. The molecule has 0 aliphatic carbocycles. The van der Waals surface area contributed by atoms with E-state index >= 15 is 0 Å². The highest BCUT2D eigenvalue weighted by Gasteiger charge is 2.45. The fraction of sp³-hybridized carbons (Fsp3) is 0.500. The van der Waals surface area contributed by atoms with E-state index in [1.54, 1.807) is 21.7 Å². The molecule has 3 rings (SSSR count). The number of thioether (sulfide) groups is 1. The van der Waals surface area contributed by atoms with Crippen molar-refractivity contribution in [3.8, 4) is 0 Å². The van der Waals surface area contributed by atoms with Crippen LogP contribution in [0.15, 0.2) is 15.7 Å². The Bertz CT molecular complexity index is 477. The Kier molecular flexibility index (Phi) is 2.98. The summed E-state index contributed by atoms with van der Waals surface area (Å²) in [7, 11) is 0. The third kappa shape index (κ3) is 1.89. The zero-order chi connectivity index (χ0) is 12.7. The fourth-order valence-corrected chi connectivity index (χ4v) is 4.00. The number of carbonyl (C=O) groups is 2. The molecule has 6 nitrogen and oxygen atoms in total. The summed E-state index contributed by atoms with van der Waals surface area (Å²) in [5.74, 6) is -0.404. The Hall–Kier alpha value is -1.15. The molecule has 1 saturated heterocycles. The summed E-state index contributed by atoms with van der Waals surface area (Å²) in [6.07, 6.45) is 2.03. The predicted molar refractivity (Wildman–Crippen MR) is 69.5 cm³/mol. The van der Waals surface area contributed by atoms with Gasteiger partial charge in [-0.1, -0.05) is 11.8 Å². The molecule has 0 spiro atoms. The third-order valence-electron chi connectivity index (χ3n) is 3.11. The number of hydrogen-bond acceptors (Lipinski definition) is 6. The Balaban J connectivity index is 1.87. The molecular weight excluding hydrogens is 274 g/mol. The molecule has 0 bridgehead atoms. The van der Waals surface area contributed by atoms with E-state index in [-0.39, 0.29) is 17.6 Å². The van der Waals surface area contributed by atoms with Crippen LogP contribution >= 0.6 is 23.7 Å². The Morgan fingerprint density at radius 2 is 2.44 bits per heavy atom. The molecule has 1 N–H and O–H groups in total. The molecule has 0 aromatic rings. The van der Waals surface area contributed by atoms with Crippen LogP contribution in [-0.2, 0) is 9.59 Å². The number of carbonyl (C=O) groups excluding carboxylic acids is 1. The van der Waals surface area contributed by atoms with Gasteiger partial charge in [-0.2, -0.15) is 5.10 Å². The summed E-state index contributed by atoms with van der Waals surface area (Å²) in [6.45, 7) is 0. The molecule has 0 aromatic heterocycles. The van der Waals surface area contributed by atoms with Crippen LogP contribution in [0.4, 0.5) is 0 Å². The van der Waals surface area contributed by atoms with Gasteiger partial charge < -0.3 is 10.0 Å². The van der Waals surface area contributed by atoms with E-state index in [0.29, 0.717) is 18.7 Å². The molecule has 18 heavy (non-hydrogen) atoms. The number of carboxylic acids is 1. The fourth-order valence-electron chi connectivity index (χ4n) is 2.28. The van der Waals surface area contributed by atoms with Crippen LogP contribution < -0.4 is 0 Å². The number of β-lactam (4-membered cyclic amide) rings is 1. The summed E-state index contributed by atoms with van der Waals surface area (Å²) in [5, 5.41) is 13.4. The zero-order valence-electron chi connectivity index (χ0n) is 9.40. The van der Waals surface area contributed by atoms with Crippen molar-refractivity contribution in [1.82, 2.24) is 9.31 Å². The number of rotatable bonds is 3. The van der Waals surface area contributed by atoms with Gasteiger partial charge in [0, 0.05) is 29.3 Å². The van der Waals surface area contributed by atoms with Crippen LogP contribution in [0.25, 0.3) is 0 Å². The second-order valence-electron chi connectivity index (χ2n) is 4.20. The number of hydrogen-bond donors (Lipinski definition) is 1. The lowest BCUT2D eigenvalue weighted by Crippen LogP contribution is -2.55. The molecule has 96 valence electrons. The SMILES string of the molecule is O=C(O)C1=C(SN2CSC=N2)CCC2CC(=O)N12. The summed E-state index contributed by atoms with van der Waals surface area (Å²) >= 11 is 2.88. The van der Waals surface area contributed by atoms with Gasteiger partial charge >= 0.3 is 5.97 Å². The van der Waals surface area contributed by atoms with Gasteiger partial charge in [0.2, 0.25) is 5.91 Å². The van der Waals surface area contributed by atoms with Crippen molar-refractivity contribution in [1.29, 1.82) is 0 Å². The summed E-state index contributed by atoms with van der Waals surface area (Å²) in [4.78, 5) is 25.0. The van der Waals surface area contributed by atoms with E-state index in [1.807, 2.05) is 0 Å². The minimum Gasteiger partial charge on any atom is -0.477 e. The molecule has 0 aromatic carbocycles. The lowest BCUT2D eigenvalue weighted by atomic mass is 9.91. The zero-order valence-corrected chi connectivity index (χ0v) is 11.0. The molecule has 0 saturated carbocycles. The normalized spacial score (nSPS) is 26.4. The first-order valence-electron chi connectivity index (χ1n) is 5.55. The predicted octanol–water partition coefficient (Wildman–Crippen LogP) is 1.28. The standard InChI is InChI=1S/C10H11N3O3S2/c14-8-3-6-1-2-7(9(10(15)16)13(6)8)18-12-5-17-4-11-12/h4,6H,1-3,5H2,(H,15,16). The average molecular weight is 285 g/mol. The Morgan fingerprint density at radius 1 is 1.61 bits per heavy atom. The van der Waals surface area contributed by atoms with Crippen LogP contribution in [0.1, 0.15) is 19.3 Å². The summed E-state index contributed by atoms with van der Waals surface area (Å²) < 4.78 is 1.74. The largest absolute Gasteiger partial charge is 0.477 e. The van der Waals surface area contributed by atoms with Crippen molar-refractivity contribution in [3.63, 3.8) is 0 Å². The number of aliphatic carboxylic acids is 1. The van der Waals surface area contributed by atoms with Crippen molar-refractivity contribution in [2.45, 2.75) is 25.3 Å². The monoisotopic (exact) mass is 285 g/mol. The number of hydrazone groups is 1. The van der Waals surface area contributed by atoms with Crippen LogP contribution in [0, 0.1) is 0 Å². The van der Waals surface area contributed by atoms with Crippen LogP contribution in [0.2, 0.25) is 0 Å². The second-order valence-corrected chi connectivity index (χ2v) is 6.10. The van der Waals surface area contributed by atoms with E-state index < -0.39 is 5.97 Å². The van der Waals surface area contributed by atoms with Crippen molar-refractivity contribution in [2.24, 2.45) is 5.10 Å². The lowest BCUT2D eigenvalue weighted by Gasteiger charge is -2.44. The van der Waals surface area contributed by atoms with Crippen molar-refractivity contribution < 1.29 is 14.7 Å². The molecule has 1 amide bonds. The smallest absolute Gasteiger partial charge is 0.353 e. The highest BCUT2D eigenvalue weighted by atomic mass is 32.2. The number of carboxylic acid groups (broad SMARTS) is 1. The molecular formula is C10H11N3O3S2. The number of allylic oxidation sites excluding steroid dienone is 1. The average Bonchev–Trinajstić information content (AvgIpc) is 2.81. The van der Waals surface area contributed by atoms with Gasteiger partial charge in [0.05, 0.1) is 11.4 Å².